The molecule has 0 saturated heterocycles. The molecule has 5 heteroatoms. The van der Waals surface area contributed by atoms with Crippen molar-refractivity contribution in [1.82, 2.24) is 9.78 Å². The van der Waals surface area contributed by atoms with Crippen molar-refractivity contribution in [3.63, 3.8) is 0 Å². The fourth-order valence-corrected chi connectivity index (χ4v) is 2.66. The molecule has 0 saturated carbocycles. The van der Waals surface area contributed by atoms with Crippen LogP contribution in [0.2, 0.25) is 0 Å². The first-order chi connectivity index (χ1) is 8.06. The second-order valence-corrected chi connectivity index (χ2v) is 6.17. The third-order valence-electron chi connectivity index (χ3n) is 2.37. The average molecular weight is 406 g/mol. The van der Waals surface area contributed by atoms with Crippen LogP contribution in [0, 0.1) is 3.57 Å². The van der Waals surface area contributed by atoms with E-state index >= 15 is 0 Å². The highest BCUT2D eigenvalue weighted by Gasteiger charge is 2.06. The van der Waals surface area contributed by atoms with Gasteiger partial charge in [-0.15, -0.1) is 0 Å². The van der Waals surface area contributed by atoms with Crippen molar-refractivity contribution < 1.29 is 0 Å². The zero-order valence-corrected chi connectivity index (χ0v) is 13.1. The molecule has 3 nitrogen and oxygen atoms in total. The second-order valence-electron chi connectivity index (χ2n) is 4.07. The van der Waals surface area contributed by atoms with Gasteiger partial charge >= 0.3 is 0 Å². The van der Waals surface area contributed by atoms with Crippen molar-refractivity contribution in [3.05, 3.63) is 44.2 Å². The van der Waals surface area contributed by atoms with Gasteiger partial charge in [0.2, 0.25) is 0 Å². The third kappa shape index (κ3) is 3.29. The summed E-state index contributed by atoms with van der Waals surface area (Å²) in [7, 11) is 0. The lowest BCUT2D eigenvalue weighted by Crippen LogP contribution is -2.17. The quantitative estimate of drug-likeness (QED) is 0.797. The van der Waals surface area contributed by atoms with E-state index < -0.39 is 0 Å². The van der Waals surface area contributed by atoms with Crippen LogP contribution < -0.4 is 5.73 Å². The molecule has 17 heavy (non-hydrogen) atoms. The molecular formula is C12H13BrIN3. The summed E-state index contributed by atoms with van der Waals surface area (Å²) in [6.07, 6.45) is 4.71. The van der Waals surface area contributed by atoms with Crippen molar-refractivity contribution >= 4 is 38.5 Å². The van der Waals surface area contributed by atoms with Crippen LogP contribution in [-0.4, -0.2) is 15.8 Å². The van der Waals surface area contributed by atoms with Crippen LogP contribution in [-0.2, 0) is 6.42 Å². The summed E-state index contributed by atoms with van der Waals surface area (Å²) >= 11 is 5.83. The van der Waals surface area contributed by atoms with Gasteiger partial charge in [0.15, 0.2) is 0 Å². The maximum atomic E-state index is 5.79. The van der Waals surface area contributed by atoms with E-state index in [1.165, 1.54) is 5.56 Å². The number of aromatic nitrogens is 2. The molecule has 0 amide bonds. The fourth-order valence-electron chi connectivity index (χ4n) is 1.67. The minimum absolute atomic E-state index is 0.179. The topological polar surface area (TPSA) is 43.8 Å². The van der Waals surface area contributed by atoms with E-state index in [2.05, 4.69) is 61.8 Å². The normalized spacial score (nSPS) is 12.7. The summed E-state index contributed by atoms with van der Waals surface area (Å²) in [6, 6.07) is 6.44. The van der Waals surface area contributed by atoms with Crippen molar-refractivity contribution in [2.24, 2.45) is 5.73 Å². The Labute approximate surface area is 123 Å². The molecule has 0 radical (unpaired) electrons. The van der Waals surface area contributed by atoms with Gasteiger partial charge in [0.05, 0.1) is 15.5 Å². The summed E-state index contributed by atoms with van der Waals surface area (Å²) < 4.78 is 4.02. The SMILES string of the molecule is CC(N)Cc1ccc(-n2cc(I)cn2)c(Br)c1. The molecular weight excluding hydrogens is 393 g/mol. The Morgan fingerprint density at radius 3 is 2.82 bits per heavy atom. The van der Waals surface area contributed by atoms with Crippen molar-refractivity contribution in [1.29, 1.82) is 0 Å². The maximum Gasteiger partial charge on any atom is 0.0788 e. The lowest BCUT2D eigenvalue weighted by molar-refractivity contribution is 0.737. The number of nitrogens with two attached hydrogens (primary N) is 1. The highest BCUT2D eigenvalue weighted by molar-refractivity contribution is 14.1. The highest BCUT2D eigenvalue weighted by atomic mass is 127. The van der Waals surface area contributed by atoms with Gasteiger partial charge in [-0.1, -0.05) is 6.07 Å². The average Bonchev–Trinajstić information content (AvgIpc) is 2.64. The first kappa shape index (κ1) is 13.0. The minimum Gasteiger partial charge on any atom is -0.328 e. The van der Waals surface area contributed by atoms with E-state index in [0.29, 0.717) is 0 Å². The Morgan fingerprint density at radius 1 is 1.53 bits per heavy atom. The third-order valence-corrected chi connectivity index (χ3v) is 3.56. The largest absolute Gasteiger partial charge is 0.328 e. The van der Waals surface area contributed by atoms with Crippen LogP contribution in [0.3, 0.4) is 0 Å². The van der Waals surface area contributed by atoms with E-state index in [1.54, 1.807) is 0 Å². The van der Waals surface area contributed by atoms with Crippen LogP contribution in [0.15, 0.2) is 35.1 Å². The molecule has 2 aromatic rings. The second kappa shape index (κ2) is 5.49. The number of hydrogen-bond acceptors (Lipinski definition) is 2. The number of rotatable bonds is 3. The summed E-state index contributed by atoms with van der Waals surface area (Å²) in [5.74, 6) is 0. The number of benzene rings is 1. The molecule has 0 aliphatic heterocycles. The van der Waals surface area contributed by atoms with Gasteiger partial charge in [-0.3, -0.25) is 0 Å². The highest BCUT2D eigenvalue weighted by Crippen LogP contribution is 2.23. The zero-order chi connectivity index (χ0) is 12.4. The Morgan fingerprint density at radius 2 is 2.29 bits per heavy atom. The summed E-state index contributed by atoms with van der Waals surface area (Å²) in [4.78, 5) is 0. The van der Waals surface area contributed by atoms with Crippen LogP contribution in [0.5, 0.6) is 0 Å². The zero-order valence-electron chi connectivity index (χ0n) is 9.40. The summed E-state index contributed by atoms with van der Waals surface area (Å²) in [5.41, 5.74) is 8.07. The monoisotopic (exact) mass is 405 g/mol. The van der Waals surface area contributed by atoms with Gasteiger partial charge in [0, 0.05) is 16.7 Å². The Balaban J connectivity index is 2.31. The lowest BCUT2D eigenvalue weighted by Gasteiger charge is -2.09. The first-order valence-electron chi connectivity index (χ1n) is 5.31. The summed E-state index contributed by atoms with van der Waals surface area (Å²) in [5, 5.41) is 4.29. The number of nitrogens with zero attached hydrogens (tertiary/aromatic N) is 2. The smallest absolute Gasteiger partial charge is 0.0788 e. The van der Waals surface area contributed by atoms with E-state index in [-0.39, 0.29) is 6.04 Å². The van der Waals surface area contributed by atoms with Gasteiger partial charge in [-0.05, 0) is 69.6 Å². The Hall–Kier alpha value is -0.400. The Bertz CT molecular complexity index is 522. The van der Waals surface area contributed by atoms with Crippen molar-refractivity contribution in [3.8, 4) is 5.69 Å². The van der Waals surface area contributed by atoms with Crippen LogP contribution in [0.4, 0.5) is 0 Å². The minimum atomic E-state index is 0.179. The van der Waals surface area contributed by atoms with Crippen LogP contribution in [0.25, 0.3) is 5.69 Å². The van der Waals surface area contributed by atoms with Gasteiger partial charge < -0.3 is 5.73 Å². The van der Waals surface area contributed by atoms with E-state index in [1.807, 2.05) is 24.0 Å². The molecule has 0 bridgehead atoms. The lowest BCUT2D eigenvalue weighted by atomic mass is 10.1. The van der Waals surface area contributed by atoms with Crippen LogP contribution in [0.1, 0.15) is 12.5 Å². The molecule has 0 aliphatic carbocycles. The standard InChI is InChI=1S/C12H13BrIN3/c1-8(15)4-9-2-3-12(11(13)5-9)17-7-10(14)6-16-17/h2-3,5-8H,4,15H2,1H3. The fraction of sp³-hybridized carbons (Fsp3) is 0.250. The molecule has 0 fully saturated rings. The molecule has 1 aromatic heterocycles. The maximum absolute atomic E-state index is 5.79. The number of hydrogen-bond donors (Lipinski definition) is 1. The van der Waals surface area contributed by atoms with Gasteiger partial charge in [0.1, 0.15) is 0 Å². The Kier molecular flexibility index (Phi) is 4.22. The van der Waals surface area contributed by atoms with Gasteiger partial charge in [0.25, 0.3) is 0 Å². The van der Waals surface area contributed by atoms with Gasteiger partial charge in [-0.25, -0.2) is 4.68 Å². The molecule has 0 aliphatic rings. The molecule has 1 aromatic carbocycles. The van der Waals surface area contributed by atoms with Crippen molar-refractivity contribution in [2.45, 2.75) is 19.4 Å². The van der Waals surface area contributed by atoms with Crippen LogP contribution >= 0.6 is 38.5 Å². The molecule has 2 rings (SSSR count). The van der Waals surface area contributed by atoms with Crippen molar-refractivity contribution in [2.75, 3.05) is 0 Å². The van der Waals surface area contributed by atoms with E-state index in [4.69, 9.17) is 5.73 Å². The molecule has 90 valence electrons. The summed E-state index contributed by atoms with van der Waals surface area (Å²) in [6.45, 7) is 2.01. The van der Waals surface area contributed by atoms with Gasteiger partial charge in [-0.2, -0.15) is 5.10 Å². The van der Waals surface area contributed by atoms with E-state index in [0.717, 1.165) is 20.2 Å². The number of halogens is 2. The molecule has 2 N–H and O–H groups in total. The predicted octanol–water partition coefficient (Wildman–Crippen LogP) is 3.13. The molecule has 1 heterocycles. The van der Waals surface area contributed by atoms with E-state index in [9.17, 15) is 0 Å². The molecule has 0 spiro atoms. The predicted molar refractivity (Wildman–Crippen MR) is 81.3 cm³/mol. The molecule has 1 atom stereocenters. The molecule has 1 unspecified atom stereocenters. The first-order valence-corrected chi connectivity index (χ1v) is 7.18.